The summed E-state index contributed by atoms with van der Waals surface area (Å²) in [6.07, 6.45) is 0. The maximum Gasteiger partial charge on any atom is 0.131 e. The average Bonchev–Trinajstić information content (AvgIpc) is 2.30. The van der Waals surface area contributed by atoms with E-state index >= 15 is 0 Å². The fourth-order valence-electron chi connectivity index (χ4n) is 1.44. The van der Waals surface area contributed by atoms with Gasteiger partial charge in [-0.05, 0) is 34.8 Å². The molecule has 0 aromatic heterocycles. The first-order valence-corrected chi connectivity index (χ1v) is 5.70. The molecule has 0 aliphatic rings. The van der Waals surface area contributed by atoms with Crippen LogP contribution in [0.5, 0.6) is 0 Å². The van der Waals surface area contributed by atoms with Crippen LogP contribution >= 0.6 is 0 Å². The van der Waals surface area contributed by atoms with E-state index < -0.39 is 11.1 Å². The Balaban J connectivity index is 2.43. The predicted octanol–water partition coefficient (Wildman–Crippen LogP) is 2.73. The van der Waals surface area contributed by atoms with Crippen LogP contribution in [0.2, 0.25) is 0 Å². The number of halogens is 1. The Labute approximate surface area is 95.0 Å². The SMILES string of the molecule is O=S([O-])c1ccc(-c2ccccc2F)cc1. The normalized spacial score (nSPS) is 12.4. The standard InChI is InChI=1S/C12H9FO2S/c13-12-4-2-1-3-11(12)9-5-7-10(8-6-9)16(14)15/h1-8H,(H,14,15)/p-1. The van der Waals surface area contributed by atoms with E-state index in [4.69, 9.17) is 0 Å². The molecule has 2 aromatic rings. The van der Waals surface area contributed by atoms with Gasteiger partial charge in [-0.25, -0.2) is 4.39 Å². The molecule has 2 nitrogen and oxygen atoms in total. The molecule has 82 valence electrons. The third kappa shape index (κ3) is 2.18. The van der Waals surface area contributed by atoms with Crippen LogP contribution in [0.25, 0.3) is 11.1 Å². The number of benzene rings is 2. The number of hydrogen-bond acceptors (Lipinski definition) is 2. The zero-order valence-electron chi connectivity index (χ0n) is 8.22. The van der Waals surface area contributed by atoms with Crippen molar-refractivity contribution in [1.29, 1.82) is 0 Å². The summed E-state index contributed by atoms with van der Waals surface area (Å²) >= 11 is -2.24. The molecule has 16 heavy (non-hydrogen) atoms. The fraction of sp³-hybridized carbons (Fsp3) is 0. The van der Waals surface area contributed by atoms with Crippen molar-refractivity contribution in [2.24, 2.45) is 0 Å². The fourth-order valence-corrected chi connectivity index (χ4v) is 1.80. The topological polar surface area (TPSA) is 40.1 Å². The van der Waals surface area contributed by atoms with E-state index in [0.29, 0.717) is 11.1 Å². The lowest BCUT2D eigenvalue weighted by Gasteiger charge is -2.07. The second-order valence-corrected chi connectivity index (χ2v) is 4.18. The largest absolute Gasteiger partial charge is 0.768 e. The molecule has 0 fully saturated rings. The lowest BCUT2D eigenvalue weighted by molar-refractivity contribution is 0.537. The van der Waals surface area contributed by atoms with Crippen LogP contribution in [0.3, 0.4) is 0 Å². The van der Waals surface area contributed by atoms with Crippen LogP contribution in [-0.4, -0.2) is 8.76 Å². The molecule has 0 aliphatic heterocycles. The van der Waals surface area contributed by atoms with Gasteiger partial charge >= 0.3 is 0 Å². The third-order valence-electron chi connectivity index (χ3n) is 2.23. The molecule has 0 amide bonds. The molecule has 0 bridgehead atoms. The van der Waals surface area contributed by atoms with Gasteiger partial charge in [0.15, 0.2) is 0 Å². The van der Waals surface area contributed by atoms with Crippen LogP contribution in [0.1, 0.15) is 0 Å². The van der Waals surface area contributed by atoms with Gasteiger partial charge in [0.05, 0.1) is 0 Å². The molecule has 0 heterocycles. The molecule has 2 aromatic carbocycles. The van der Waals surface area contributed by atoms with Crippen LogP contribution in [0, 0.1) is 5.82 Å². The van der Waals surface area contributed by atoms with Crippen LogP contribution in [-0.2, 0) is 11.1 Å². The van der Waals surface area contributed by atoms with Gasteiger partial charge in [0.2, 0.25) is 0 Å². The van der Waals surface area contributed by atoms with Crippen LogP contribution in [0.15, 0.2) is 53.4 Å². The van der Waals surface area contributed by atoms with Crippen molar-refractivity contribution >= 4 is 11.1 Å². The molecule has 2 rings (SSSR count). The average molecular weight is 235 g/mol. The summed E-state index contributed by atoms with van der Waals surface area (Å²) in [6, 6.07) is 12.4. The van der Waals surface area contributed by atoms with E-state index in [1.807, 2.05) is 0 Å². The summed E-state index contributed by atoms with van der Waals surface area (Å²) in [4.78, 5) is 0.195. The Morgan fingerprint density at radius 1 is 1.00 bits per heavy atom. The summed E-state index contributed by atoms with van der Waals surface area (Å²) < 4.78 is 34.7. The highest BCUT2D eigenvalue weighted by Gasteiger charge is 2.03. The maximum atomic E-state index is 13.4. The van der Waals surface area contributed by atoms with Crippen molar-refractivity contribution < 1.29 is 13.2 Å². The van der Waals surface area contributed by atoms with E-state index in [1.54, 1.807) is 30.3 Å². The molecule has 0 N–H and O–H groups in total. The first-order valence-electron chi connectivity index (χ1n) is 4.63. The van der Waals surface area contributed by atoms with Crippen molar-refractivity contribution in [2.45, 2.75) is 4.90 Å². The first kappa shape index (κ1) is 11.0. The summed E-state index contributed by atoms with van der Waals surface area (Å²) in [5.74, 6) is -0.321. The summed E-state index contributed by atoms with van der Waals surface area (Å²) in [5.41, 5.74) is 1.12. The monoisotopic (exact) mass is 235 g/mol. The number of hydrogen-bond donors (Lipinski definition) is 0. The zero-order valence-corrected chi connectivity index (χ0v) is 9.04. The molecule has 0 aliphatic carbocycles. The van der Waals surface area contributed by atoms with Crippen LogP contribution in [0.4, 0.5) is 4.39 Å². The van der Waals surface area contributed by atoms with Gasteiger partial charge in [-0.3, -0.25) is 4.21 Å². The van der Waals surface area contributed by atoms with E-state index in [1.165, 1.54) is 18.2 Å². The molecule has 4 heteroatoms. The van der Waals surface area contributed by atoms with Gasteiger partial charge in [0, 0.05) is 10.5 Å². The van der Waals surface area contributed by atoms with Gasteiger partial charge in [-0.2, -0.15) is 0 Å². The minimum atomic E-state index is -2.24. The van der Waals surface area contributed by atoms with Crippen LogP contribution < -0.4 is 0 Å². The van der Waals surface area contributed by atoms with E-state index in [2.05, 4.69) is 0 Å². The Morgan fingerprint density at radius 3 is 2.19 bits per heavy atom. The van der Waals surface area contributed by atoms with Crippen molar-refractivity contribution in [2.75, 3.05) is 0 Å². The van der Waals surface area contributed by atoms with Gasteiger partial charge < -0.3 is 4.55 Å². The Bertz CT molecular complexity index is 523. The minimum absolute atomic E-state index is 0.195. The highest BCUT2D eigenvalue weighted by atomic mass is 32.2. The van der Waals surface area contributed by atoms with Crippen molar-refractivity contribution in [3.63, 3.8) is 0 Å². The Kier molecular flexibility index (Phi) is 3.12. The van der Waals surface area contributed by atoms with Gasteiger partial charge in [0.25, 0.3) is 0 Å². The molecule has 0 saturated heterocycles. The third-order valence-corrected chi connectivity index (χ3v) is 2.89. The molecule has 1 unspecified atom stereocenters. The zero-order chi connectivity index (χ0) is 11.5. The van der Waals surface area contributed by atoms with Gasteiger partial charge in [-0.1, -0.05) is 30.3 Å². The van der Waals surface area contributed by atoms with E-state index in [0.717, 1.165) is 0 Å². The smallest absolute Gasteiger partial charge is 0.131 e. The molecular weight excluding hydrogens is 227 g/mol. The van der Waals surface area contributed by atoms with E-state index in [-0.39, 0.29) is 10.7 Å². The quantitative estimate of drug-likeness (QED) is 0.751. The summed E-state index contributed by atoms with van der Waals surface area (Å²) in [7, 11) is 0. The van der Waals surface area contributed by atoms with Crippen molar-refractivity contribution in [1.82, 2.24) is 0 Å². The Morgan fingerprint density at radius 2 is 1.62 bits per heavy atom. The predicted molar refractivity (Wildman–Crippen MR) is 59.0 cm³/mol. The highest BCUT2D eigenvalue weighted by molar-refractivity contribution is 7.79. The van der Waals surface area contributed by atoms with Gasteiger partial charge in [-0.15, -0.1) is 0 Å². The molecular formula is C12H8FO2S-. The Hall–Kier alpha value is -1.52. The summed E-state index contributed by atoms with van der Waals surface area (Å²) in [5, 5.41) is 0. The molecule has 0 saturated carbocycles. The van der Waals surface area contributed by atoms with Crippen molar-refractivity contribution in [3.8, 4) is 11.1 Å². The second kappa shape index (κ2) is 4.55. The highest BCUT2D eigenvalue weighted by Crippen LogP contribution is 2.23. The molecule has 1 atom stereocenters. The van der Waals surface area contributed by atoms with Gasteiger partial charge in [0.1, 0.15) is 5.82 Å². The van der Waals surface area contributed by atoms with E-state index in [9.17, 15) is 13.2 Å². The minimum Gasteiger partial charge on any atom is -0.768 e. The molecule has 0 spiro atoms. The lowest BCUT2D eigenvalue weighted by atomic mass is 10.1. The number of rotatable bonds is 2. The van der Waals surface area contributed by atoms with Crippen molar-refractivity contribution in [3.05, 3.63) is 54.3 Å². The maximum absolute atomic E-state index is 13.4. The first-order chi connectivity index (χ1) is 7.68. The lowest BCUT2D eigenvalue weighted by Crippen LogP contribution is -1.89. The summed E-state index contributed by atoms with van der Waals surface area (Å²) in [6.45, 7) is 0. The molecule has 0 radical (unpaired) electrons. The second-order valence-electron chi connectivity index (χ2n) is 3.24.